The maximum atomic E-state index is 11.3. The Morgan fingerprint density at radius 2 is 2.25 bits per heavy atom. The van der Waals surface area contributed by atoms with Crippen LogP contribution < -0.4 is 10.9 Å². The van der Waals surface area contributed by atoms with Crippen molar-refractivity contribution in [2.75, 3.05) is 0 Å². The van der Waals surface area contributed by atoms with Gasteiger partial charge in [-0.05, 0) is 20.8 Å². The average molecular weight is 225 g/mol. The normalized spacial score (nSPS) is 10.9. The van der Waals surface area contributed by atoms with Crippen molar-refractivity contribution in [2.24, 2.45) is 0 Å². The molecule has 6 heteroatoms. The number of carbonyl (C=O) groups excluding carboxylic acids is 1. The van der Waals surface area contributed by atoms with Crippen molar-refractivity contribution in [1.82, 2.24) is 15.3 Å². The molecular weight excluding hydrogens is 210 g/mol. The first-order chi connectivity index (χ1) is 7.38. The zero-order valence-corrected chi connectivity index (χ0v) is 9.53. The van der Waals surface area contributed by atoms with E-state index in [4.69, 9.17) is 4.74 Å². The van der Waals surface area contributed by atoms with Crippen LogP contribution in [0.15, 0.2) is 17.2 Å². The highest BCUT2D eigenvalue weighted by atomic mass is 16.6. The van der Waals surface area contributed by atoms with Gasteiger partial charge in [-0.1, -0.05) is 0 Å². The summed E-state index contributed by atoms with van der Waals surface area (Å²) in [5.74, 6) is 0. The van der Waals surface area contributed by atoms with Crippen LogP contribution in [0.2, 0.25) is 0 Å². The molecule has 0 atom stereocenters. The molecule has 0 saturated heterocycles. The number of hydrogen-bond donors (Lipinski definition) is 2. The maximum Gasteiger partial charge on any atom is 0.407 e. The lowest BCUT2D eigenvalue weighted by Crippen LogP contribution is -2.33. The van der Waals surface area contributed by atoms with E-state index < -0.39 is 11.7 Å². The lowest BCUT2D eigenvalue weighted by molar-refractivity contribution is 0.0522. The van der Waals surface area contributed by atoms with Crippen LogP contribution in [-0.2, 0) is 11.3 Å². The molecule has 0 aliphatic carbocycles. The largest absolute Gasteiger partial charge is 0.444 e. The molecule has 0 saturated carbocycles. The third-order valence-corrected chi connectivity index (χ3v) is 1.58. The molecule has 1 amide bonds. The Hall–Kier alpha value is -1.85. The minimum Gasteiger partial charge on any atom is -0.444 e. The summed E-state index contributed by atoms with van der Waals surface area (Å²) in [6.45, 7) is 5.34. The van der Waals surface area contributed by atoms with Gasteiger partial charge in [0.05, 0.1) is 6.54 Å². The lowest BCUT2D eigenvalue weighted by Gasteiger charge is -2.19. The second-order valence-corrected chi connectivity index (χ2v) is 4.22. The van der Waals surface area contributed by atoms with E-state index in [0.29, 0.717) is 0 Å². The molecule has 1 aromatic rings. The number of nitrogens with one attached hydrogen (secondary N) is 2. The van der Waals surface area contributed by atoms with Gasteiger partial charge in [-0.25, -0.2) is 4.79 Å². The monoisotopic (exact) mass is 225 g/mol. The molecule has 0 aliphatic rings. The van der Waals surface area contributed by atoms with Crippen molar-refractivity contribution in [1.29, 1.82) is 0 Å². The summed E-state index contributed by atoms with van der Waals surface area (Å²) in [5, 5.41) is 2.45. The number of alkyl carbamates (subject to hydrolysis) is 1. The molecule has 1 aromatic heterocycles. The number of nitrogens with zero attached hydrogens (tertiary/aromatic N) is 1. The average Bonchev–Trinajstić information content (AvgIpc) is 2.14. The Morgan fingerprint density at radius 1 is 1.56 bits per heavy atom. The van der Waals surface area contributed by atoms with E-state index >= 15 is 0 Å². The van der Waals surface area contributed by atoms with Crippen molar-refractivity contribution in [2.45, 2.75) is 32.9 Å². The second kappa shape index (κ2) is 4.78. The van der Waals surface area contributed by atoms with Gasteiger partial charge < -0.3 is 15.0 Å². The maximum absolute atomic E-state index is 11.3. The Kier molecular flexibility index (Phi) is 3.65. The van der Waals surface area contributed by atoms with E-state index in [1.165, 1.54) is 12.4 Å². The molecule has 16 heavy (non-hydrogen) atoms. The summed E-state index contributed by atoms with van der Waals surface area (Å²) in [6, 6.07) is 0. The van der Waals surface area contributed by atoms with Crippen molar-refractivity contribution in [3.63, 3.8) is 0 Å². The summed E-state index contributed by atoms with van der Waals surface area (Å²) in [4.78, 5) is 28.8. The minimum absolute atomic E-state index is 0.0467. The zero-order valence-electron chi connectivity index (χ0n) is 9.53. The molecule has 1 heterocycles. The molecule has 0 radical (unpaired) electrons. The first-order valence-electron chi connectivity index (χ1n) is 4.88. The van der Waals surface area contributed by atoms with Gasteiger partial charge >= 0.3 is 6.09 Å². The van der Waals surface area contributed by atoms with Crippen molar-refractivity contribution in [3.8, 4) is 0 Å². The third-order valence-electron chi connectivity index (χ3n) is 1.58. The fourth-order valence-electron chi connectivity index (χ4n) is 0.978. The first-order valence-corrected chi connectivity index (χ1v) is 4.88. The lowest BCUT2D eigenvalue weighted by atomic mass is 10.2. The molecule has 0 bridgehead atoms. The highest BCUT2D eigenvalue weighted by Crippen LogP contribution is 2.06. The second-order valence-electron chi connectivity index (χ2n) is 4.22. The molecule has 0 unspecified atom stereocenters. The van der Waals surface area contributed by atoms with Gasteiger partial charge in [0.1, 0.15) is 11.3 Å². The Balaban J connectivity index is 2.50. The van der Waals surface area contributed by atoms with Crippen LogP contribution in [0.25, 0.3) is 0 Å². The molecule has 0 aliphatic heterocycles. The standard InChI is InChI=1S/C10H15N3O3/c1-10(2,3)16-9(15)13-6-7-8(14)12-5-4-11-7/h4-5H,6H2,1-3H3,(H,12,14)(H,13,15). The fraction of sp³-hybridized carbons (Fsp3) is 0.500. The topological polar surface area (TPSA) is 84.1 Å². The number of amides is 1. The van der Waals surface area contributed by atoms with Crippen molar-refractivity contribution >= 4 is 6.09 Å². The highest BCUT2D eigenvalue weighted by molar-refractivity contribution is 5.67. The summed E-state index contributed by atoms with van der Waals surface area (Å²) in [6.07, 6.45) is 2.31. The van der Waals surface area contributed by atoms with Gasteiger partial charge in [0, 0.05) is 12.4 Å². The quantitative estimate of drug-likeness (QED) is 0.779. The molecule has 2 N–H and O–H groups in total. The van der Waals surface area contributed by atoms with Crippen LogP contribution in [0.4, 0.5) is 4.79 Å². The molecule has 0 spiro atoms. The zero-order chi connectivity index (χ0) is 12.2. The summed E-state index contributed by atoms with van der Waals surface area (Å²) in [5.41, 5.74) is -0.632. The van der Waals surface area contributed by atoms with E-state index in [9.17, 15) is 9.59 Å². The van der Waals surface area contributed by atoms with E-state index in [-0.39, 0.29) is 17.8 Å². The summed E-state index contributed by atoms with van der Waals surface area (Å²) >= 11 is 0. The van der Waals surface area contributed by atoms with E-state index in [0.717, 1.165) is 0 Å². The third kappa shape index (κ3) is 4.12. The number of rotatable bonds is 2. The van der Waals surface area contributed by atoms with Crippen LogP contribution in [0.1, 0.15) is 26.5 Å². The van der Waals surface area contributed by atoms with Crippen molar-refractivity contribution in [3.05, 3.63) is 28.4 Å². The van der Waals surface area contributed by atoms with Crippen LogP contribution in [0, 0.1) is 0 Å². The highest BCUT2D eigenvalue weighted by Gasteiger charge is 2.16. The Labute approximate surface area is 93.0 Å². The van der Waals surface area contributed by atoms with Gasteiger partial charge in [0.2, 0.25) is 0 Å². The smallest absolute Gasteiger partial charge is 0.407 e. The predicted octanol–water partition coefficient (Wildman–Crippen LogP) is 0.795. The van der Waals surface area contributed by atoms with Gasteiger partial charge in [-0.15, -0.1) is 0 Å². The molecule has 1 rings (SSSR count). The SMILES string of the molecule is CC(C)(C)OC(=O)NCc1ncc[nH]c1=O. The van der Waals surface area contributed by atoms with Gasteiger partial charge in [-0.3, -0.25) is 9.78 Å². The van der Waals surface area contributed by atoms with Crippen molar-refractivity contribution < 1.29 is 9.53 Å². The van der Waals surface area contributed by atoms with E-state index in [1.54, 1.807) is 20.8 Å². The first kappa shape index (κ1) is 12.2. The number of aromatic nitrogens is 2. The minimum atomic E-state index is -0.572. The van der Waals surface area contributed by atoms with Crippen LogP contribution in [-0.4, -0.2) is 21.7 Å². The fourth-order valence-corrected chi connectivity index (χ4v) is 0.978. The van der Waals surface area contributed by atoms with Crippen LogP contribution in [0.3, 0.4) is 0 Å². The van der Waals surface area contributed by atoms with E-state index in [1.807, 2.05) is 0 Å². The Morgan fingerprint density at radius 3 is 2.81 bits per heavy atom. The number of aromatic amines is 1. The summed E-state index contributed by atoms with van der Waals surface area (Å²) < 4.78 is 5.01. The molecule has 88 valence electrons. The number of hydrogen-bond acceptors (Lipinski definition) is 4. The summed E-state index contributed by atoms with van der Waals surface area (Å²) in [7, 11) is 0. The molecular formula is C10H15N3O3. The van der Waals surface area contributed by atoms with Gasteiger partial charge in [0.15, 0.2) is 0 Å². The molecule has 0 aromatic carbocycles. The Bertz CT molecular complexity index is 420. The number of ether oxygens (including phenoxy) is 1. The van der Waals surface area contributed by atoms with Crippen LogP contribution in [0.5, 0.6) is 0 Å². The van der Waals surface area contributed by atoms with E-state index in [2.05, 4.69) is 15.3 Å². The number of H-pyrrole nitrogens is 1. The van der Waals surface area contributed by atoms with Gasteiger partial charge in [-0.2, -0.15) is 0 Å². The number of carbonyl (C=O) groups is 1. The molecule has 6 nitrogen and oxygen atoms in total. The molecule has 0 fully saturated rings. The van der Waals surface area contributed by atoms with Gasteiger partial charge in [0.25, 0.3) is 5.56 Å². The predicted molar refractivity (Wildman–Crippen MR) is 57.9 cm³/mol. The van der Waals surface area contributed by atoms with Crippen LogP contribution >= 0.6 is 0 Å².